The molecule has 0 unspecified atom stereocenters. The third kappa shape index (κ3) is 2.82. The van der Waals surface area contributed by atoms with Crippen molar-refractivity contribution in [1.82, 2.24) is 25.2 Å². The van der Waals surface area contributed by atoms with Gasteiger partial charge >= 0.3 is 0 Å². The summed E-state index contributed by atoms with van der Waals surface area (Å²) in [5.41, 5.74) is 0.852. The van der Waals surface area contributed by atoms with Crippen molar-refractivity contribution in [3.63, 3.8) is 0 Å². The minimum Gasteiger partial charge on any atom is -0.355 e. The van der Waals surface area contributed by atoms with Crippen LogP contribution in [0.5, 0.6) is 0 Å². The van der Waals surface area contributed by atoms with Crippen molar-refractivity contribution >= 4 is 28.7 Å². The molecule has 3 saturated heterocycles. The van der Waals surface area contributed by atoms with Crippen LogP contribution >= 0.6 is 0 Å². The summed E-state index contributed by atoms with van der Waals surface area (Å²) in [6, 6.07) is 2.35. The van der Waals surface area contributed by atoms with E-state index < -0.39 is 0 Å². The fourth-order valence-corrected chi connectivity index (χ4v) is 5.57. The summed E-state index contributed by atoms with van der Waals surface area (Å²) in [5.74, 6) is 1.95. The van der Waals surface area contributed by atoms with Crippen LogP contribution in [-0.2, 0) is 9.59 Å². The van der Waals surface area contributed by atoms with Crippen LogP contribution < -0.4 is 10.2 Å². The number of rotatable bonds is 3. The lowest BCUT2D eigenvalue weighted by atomic mass is 9.72. The van der Waals surface area contributed by atoms with Crippen LogP contribution in [0.2, 0.25) is 0 Å². The zero-order chi connectivity index (χ0) is 19.3. The van der Waals surface area contributed by atoms with Crippen molar-refractivity contribution < 1.29 is 9.59 Å². The minimum absolute atomic E-state index is 0.0411. The molecule has 5 rings (SSSR count). The van der Waals surface area contributed by atoms with Crippen molar-refractivity contribution in [2.45, 2.75) is 44.7 Å². The van der Waals surface area contributed by atoms with Crippen LogP contribution in [0.1, 0.15) is 32.6 Å². The Balaban J connectivity index is 1.48. The second-order valence-electron chi connectivity index (χ2n) is 8.36. The van der Waals surface area contributed by atoms with E-state index in [0.29, 0.717) is 24.8 Å². The largest absolute Gasteiger partial charge is 0.355 e. The van der Waals surface area contributed by atoms with Crippen LogP contribution in [0.4, 0.5) is 5.82 Å². The molecule has 8 nitrogen and oxygen atoms in total. The Morgan fingerprint density at radius 1 is 1.32 bits per heavy atom. The number of carbonyl (C=O) groups excluding carboxylic acids is 2. The second kappa shape index (κ2) is 6.76. The first-order chi connectivity index (χ1) is 13.6. The van der Waals surface area contributed by atoms with E-state index >= 15 is 0 Å². The smallest absolute Gasteiger partial charge is 0.223 e. The number of nitrogens with one attached hydrogen (secondary N) is 2. The van der Waals surface area contributed by atoms with Crippen LogP contribution in [0, 0.1) is 11.8 Å². The summed E-state index contributed by atoms with van der Waals surface area (Å²) in [4.78, 5) is 40.9. The molecule has 2 amide bonds. The molecule has 0 saturated carbocycles. The van der Waals surface area contributed by atoms with Gasteiger partial charge < -0.3 is 20.1 Å². The first-order valence-corrected chi connectivity index (χ1v) is 10.2. The number of piperidine rings is 3. The summed E-state index contributed by atoms with van der Waals surface area (Å²) < 4.78 is 0. The highest BCUT2D eigenvalue weighted by Crippen LogP contribution is 2.42. The molecule has 0 radical (unpaired) electrons. The number of carbonyl (C=O) groups is 2. The first kappa shape index (κ1) is 17.5. The third-order valence-corrected chi connectivity index (χ3v) is 6.69. The predicted molar refractivity (Wildman–Crippen MR) is 105 cm³/mol. The van der Waals surface area contributed by atoms with E-state index in [1.807, 2.05) is 12.3 Å². The van der Waals surface area contributed by atoms with Crippen LogP contribution in [0.3, 0.4) is 0 Å². The molecule has 3 aliphatic rings. The Morgan fingerprint density at radius 2 is 2.18 bits per heavy atom. The second-order valence-corrected chi connectivity index (χ2v) is 8.36. The van der Waals surface area contributed by atoms with E-state index in [1.54, 1.807) is 6.33 Å². The number of fused-ring (bicyclic) bond motifs is 5. The topological polar surface area (TPSA) is 94.2 Å². The molecule has 2 aromatic rings. The lowest BCUT2D eigenvalue weighted by molar-refractivity contribution is -0.149. The van der Waals surface area contributed by atoms with Gasteiger partial charge in [0.05, 0.1) is 11.4 Å². The van der Waals surface area contributed by atoms with Crippen molar-refractivity contribution in [3.05, 3.63) is 18.6 Å². The summed E-state index contributed by atoms with van der Waals surface area (Å²) >= 11 is 0. The summed E-state index contributed by atoms with van der Waals surface area (Å²) in [6.07, 6.45) is 7.27. The average Bonchev–Trinajstić information content (AvgIpc) is 3.17. The molecular weight excluding hydrogens is 356 g/mol. The van der Waals surface area contributed by atoms with Crippen molar-refractivity contribution in [2.75, 3.05) is 24.5 Å². The highest BCUT2D eigenvalue weighted by molar-refractivity contribution is 5.87. The maximum absolute atomic E-state index is 12.8. The Bertz CT molecular complexity index is 911. The Kier molecular flexibility index (Phi) is 4.21. The molecule has 4 atom stereocenters. The van der Waals surface area contributed by atoms with E-state index in [4.69, 9.17) is 0 Å². The Labute approximate surface area is 163 Å². The molecule has 2 aromatic heterocycles. The van der Waals surface area contributed by atoms with E-state index in [2.05, 4.69) is 30.1 Å². The lowest BCUT2D eigenvalue weighted by Crippen LogP contribution is -2.67. The number of aromatic nitrogens is 3. The van der Waals surface area contributed by atoms with Gasteiger partial charge in [-0.05, 0) is 37.2 Å². The molecule has 0 aromatic carbocycles. The van der Waals surface area contributed by atoms with Crippen molar-refractivity contribution in [2.24, 2.45) is 11.8 Å². The third-order valence-electron chi connectivity index (χ3n) is 6.69. The maximum atomic E-state index is 12.8. The standard InChI is InChI=1S/C20H26N6O2/c1-12(27)22-8-17-14-7-13(16-3-2-4-18(28)26(16)17)9-25(10-14)20-15-5-6-21-19(15)23-11-24-20/h5-6,11,13-14,16-17H,2-4,7-10H2,1H3,(H,22,27)(H,21,23,24)/t13-,14+,16+,17+/m1/s1. The monoisotopic (exact) mass is 382 g/mol. The zero-order valence-corrected chi connectivity index (χ0v) is 16.1. The molecule has 3 fully saturated rings. The highest BCUT2D eigenvalue weighted by Gasteiger charge is 2.49. The number of nitrogens with zero attached hydrogens (tertiary/aromatic N) is 4. The van der Waals surface area contributed by atoms with Crippen LogP contribution in [0.25, 0.3) is 11.0 Å². The van der Waals surface area contributed by atoms with Crippen LogP contribution in [0.15, 0.2) is 18.6 Å². The number of anilines is 1. The van der Waals surface area contributed by atoms with Gasteiger partial charge in [0.15, 0.2) is 0 Å². The Hall–Kier alpha value is -2.64. The molecule has 3 aliphatic heterocycles. The molecule has 148 valence electrons. The van der Waals surface area contributed by atoms with E-state index in [0.717, 1.165) is 49.2 Å². The predicted octanol–water partition coefficient (Wildman–Crippen LogP) is 1.30. The molecule has 28 heavy (non-hydrogen) atoms. The van der Waals surface area contributed by atoms with Gasteiger partial charge in [0.2, 0.25) is 11.8 Å². The molecule has 2 bridgehead atoms. The SMILES string of the molecule is CC(=O)NC[C@H]1[C@H]2C[C@H](CN(c3ncnc4[nH]ccc34)C2)[C@@H]2CCCC(=O)N21. The highest BCUT2D eigenvalue weighted by atomic mass is 16.2. The van der Waals surface area contributed by atoms with Crippen molar-refractivity contribution in [3.8, 4) is 0 Å². The average molecular weight is 382 g/mol. The molecule has 5 heterocycles. The summed E-state index contributed by atoms with van der Waals surface area (Å²) in [5, 5.41) is 4.01. The number of H-pyrrole nitrogens is 1. The van der Waals surface area contributed by atoms with Gasteiger partial charge in [0.25, 0.3) is 0 Å². The summed E-state index contributed by atoms with van der Waals surface area (Å²) in [6.45, 7) is 3.83. The van der Waals surface area contributed by atoms with Gasteiger partial charge in [0, 0.05) is 45.2 Å². The van der Waals surface area contributed by atoms with E-state index in [9.17, 15) is 9.59 Å². The fraction of sp³-hybridized carbons (Fsp3) is 0.600. The Morgan fingerprint density at radius 3 is 3.04 bits per heavy atom. The number of hydrogen-bond acceptors (Lipinski definition) is 5. The summed E-state index contributed by atoms with van der Waals surface area (Å²) in [7, 11) is 0. The van der Waals surface area contributed by atoms with Gasteiger partial charge in [-0.2, -0.15) is 0 Å². The molecule has 0 aliphatic carbocycles. The molecule has 0 spiro atoms. The fourth-order valence-electron chi connectivity index (χ4n) is 5.57. The van der Waals surface area contributed by atoms with Gasteiger partial charge in [0.1, 0.15) is 17.8 Å². The van der Waals surface area contributed by atoms with E-state index in [-0.39, 0.29) is 23.9 Å². The van der Waals surface area contributed by atoms with Crippen molar-refractivity contribution in [1.29, 1.82) is 0 Å². The maximum Gasteiger partial charge on any atom is 0.223 e. The van der Waals surface area contributed by atoms with Gasteiger partial charge in [-0.15, -0.1) is 0 Å². The first-order valence-electron chi connectivity index (χ1n) is 10.2. The van der Waals surface area contributed by atoms with Crippen LogP contribution in [-0.4, -0.2) is 63.4 Å². The van der Waals surface area contributed by atoms with E-state index in [1.165, 1.54) is 6.92 Å². The van der Waals surface area contributed by atoms with Gasteiger partial charge in [-0.1, -0.05) is 0 Å². The minimum atomic E-state index is -0.0411. The van der Waals surface area contributed by atoms with Gasteiger partial charge in [-0.25, -0.2) is 9.97 Å². The molecule has 8 heteroatoms. The number of hydrogen-bond donors (Lipinski definition) is 2. The molecular formula is C20H26N6O2. The number of amides is 2. The molecule has 2 N–H and O–H groups in total. The number of aromatic amines is 1. The van der Waals surface area contributed by atoms with Gasteiger partial charge in [-0.3, -0.25) is 9.59 Å². The zero-order valence-electron chi connectivity index (χ0n) is 16.1. The lowest BCUT2D eigenvalue weighted by Gasteiger charge is -2.56. The quantitative estimate of drug-likeness (QED) is 0.835. The normalized spacial score (nSPS) is 29.7.